The maximum atomic E-state index is 13.5. The Bertz CT molecular complexity index is 536. The lowest BCUT2D eigenvalue weighted by Crippen LogP contribution is -2.13. The Morgan fingerprint density at radius 3 is 2.72 bits per heavy atom. The van der Waals surface area contributed by atoms with Gasteiger partial charge in [0.15, 0.2) is 11.6 Å². The van der Waals surface area contributed by atoms with Gasteiger partial charge >= 0.3 is 0 Å². The van der Waals surface area contributed by atoms with Gasteiger partial charge in [-0.3, -0.25) is 0 Å². The molecule has 0 bridgehead atoms. The summed E-state index contributed by atoms with van der Waals surface area (Å²) in [5, 5.41) is 0. The number of furan rings is 1. The molecule has 4 heteroatoms. The van der Waals surface area contributed by atoms with Crippen LogP contribution in [0.15, 0.2) is 34.9 Å². The number of rotatable bonds is 4. The topological polar surface area (TPSA) is 48.4 Å². The van der Waals surface area contributed by atoms with Gasteiger partial charge in [-0.05, 0) is 42.7 Å². The van der Waals surface area contributed by atoms with Gasteiger partial charge in [0.1, 0.15) is 5.76 Å². The van der Waals surface area contributed by atoms with Crippen LogP contribution in [0.4, 0.5) is 4.39 Å². The van der Waals surface area contributed by atoms with Crippen molar-refractivity contribution in [2.75, 3.05) is 7.11 Å². The van der Waals surface area contributed by atoms with Gasteiger partial charge in [0.05, 0.1) is 19.4 Å². The van der Waals surface area contributed by atoms with E-state index < -0.39 is 0 Å². The van der Waals surface area contributed by atoms with Crippen LogP contribution in [0.1, 0.15) is 22.9 Å². The van der Waals surface area contributed by atoms with Crippen molar-refractivity contribution < 1.29 is 13.5 Å². The molecule has 0 aliphatic heterocycles. The van der Waals surface area contributed by atoms with Gasteiger partial charge in [-0.1, -0.05) is 6.07 Å². The van der Waals surface area contributed by atoms with Crippen molar-refractivity contribution in [2.45, 2.75) is 19.4 Å². The molecule has 1 unspecified atom stereocenters. The van der Waals surface area contributed by atoms with Gasteiger partial charge in [-0.25, -0.2) is 4.39 Å². The Kier molecular flexibility index (Phi) is 3.67. The average molecular weight is 249 g/mol. The molecule has 3 nitrogen and oxygen atoms in total. The lowest BCUT2D eigenvalue weighted by atomic mass is 10.0. The summed E-state index contributed by atoms with van der Waals surface area (Å²) in [6.07, 6.45) is 2.13. The van der Waals surface area contributed by atoms with E-state index in [0.29, 0.717) is 6.42 Å². The van der Waals surface area contributed by atoms with Crippen LogP contribution in [0.25, 0.3) is 0 Å². The van der Waals surface area contributed by atoms with Gasteiger partial charge < -0.3 is 14.9 Å². The van der Waals surface area contributed by atoms with Gasteiger partial charge in [-0.15, -0.1) is 0 Å². The molecule has 2 aromatic rings. The zero-order chi connectivity index (χ0) is 13.1. The van der Waals surface area contributed by atoms with Crippen LogP contribution in [-0.2, 0) is 6.42 Å². The number of halogens is 1. The van der Waals surface area contributed by atoms with E-state index in [0.717, 1.165) is 16.9 Å². The molecule has 2 rings (SSSR count). The summed E-state index contributed by atoms with van der Waals surface area (Å²) in [5.74, 6) is 0.603. The maximum absolute atomic E-state index is 13.5. The Morgan fingerprint density at radius 2 is 2.17 bits per heavy atom. The minimum Gasteiger partial charge on any atom is -0.494 e. The van der Waals surface area contributed by atoms with Crippen molar-refractivity contribution in [3.8, 4) is 5.75 Å². The molecule has 0 saturated heterocycles. The molecule has 1 atom stereocenters. The van der Waals surface area contributed by atoms with E-state index >= 15 is 0 Å². The predicted molar refractivity (Wildman–Crippen MR) is 67.0 cm³/mol. The summed E-state index contributed by atoms with van der Waals surface area (Å²) < 4.78 is 23.7. The fourth-order valence-electron chi connectivity index (χ4n) is 1.95. The molecule has 0 saturated carbocycles. The Morgan fingerprint density at radius 1 is 1.39 bits per heavy atom. The van der Waals surface area contributed by atoms with E-state index in [1.165, 1.54) is 13.2 Å². The number of hydrogen-bond donors (Lipinski definition) is 1. The van der Waals surface area contributed by atoms with Gasteiger partial charge in [0.2, 0.25) is 0 Å². The van der Waals surface area contributed by atoms with E-state index in [-0.39, 0.29) is 17.6 Å². The third-order valence-corrected chi connectivity index (χ3v) is 2.91. The molecule has 0 radical (unpaired) electrons. The molecule has 0 aliphatic carbocycles. The SMILES string of the molecule is COc1ccc(CC(N)c2occc2C)cc1F. The molecule has 0 aliphatic rings. The number of benzene rings is 1. The molecule has 1 aromatic heterocycles. The summed E-state index contributed by atoms with van der Waals surface area (Å²) in [6, 6.07) is 6.44. The largest absolute Gasteiger partial charge is 0.494 e. The number of nitrogens with two attached hydrogens (primary N) is 1. The lowest BCUT2D eigenvalue weighted by Gasteiger charge is -2.11. The molecular formula is C14H16FNO2. The first-order valence-electron chi connectivity index (χ1n) is 5.74. The van der Waals surface area contributed by atoms with Gasteiger partial charge in [0, 0.05) is 0 Å². The van der Waals surface area contributed by atoms with Crippen LogP contribution >= 0.6 is 0 Å². The highest BCUT2D eigenvalue weighted by molar-refractivity contribution is 5.30. The predicted octanol–water partition coefficient (Wildman–Crippen LogP) is 2.98. The van der Waals surface area contributed by atoms with Crippen LogP contribution in [0.2, 0.25) is 0 Å². The summed E-state index contributed by atoms with van der Waals surface area (Å²) >= 11 is 0. The molecule has 18 heavy (non-hydrogen) atoms. The van der Waals surface area contributed by atoms with Crippen molar-refractivity contribution in [3.63, 3.8) is 0 Å². The number of methoxy groups -OCH3 is 1. The third-order valence-electron chi connectivity index (χ3n) is 2.91. The van der Waals surface area contributed by atoms with E-state index in [4.69, 9.17) is 14.9 Å². The first kappa shape index (κ1) is 12.6. The van der Waals surface area contributed by atoms with Crippen LogP contribution in [0.5, 0.6) is 5.75 Å². The Hall–Kier alpha value is -1.81. The monoisotopic (exact) mass is 249 g/mol. The highest BCUT2D eigenvalue weighted by Crippen LogP contribution is 2.23. The second-order valence-corrected chi connectivity index (χ2v) is 4.25. The fourth-order valence-corrected chi connectivity index (χ4v) is 1.95. The van der Waals surface area contributed by atoms with Crippen molar-refractivity contribution in [1.29, 1.82) is 0 Å². The third kappa shape index (κ3) is 2.54. The van der Waals surface area contributed by atoms with Crippen molar-refractivity contribution in [2.24, 2.45) is 5.73 Å². The van der Waals surface area contributed by atoms with Crippen molar-refractivity contribution >= 4 is 0 Å². The lowest BCUT2D eigenvalue weighted by molar-refractivity contribution is 0.386. The maximum Gasteiger partial charge on any atom is 0.165 e. The molecule has 0 fully saturated rings. The van der Waals surface area contributed by atoms with E-state index in [1.807, 2.05) is 13.0 Å². The average Bonchev–Trinajstić information content (AvgIpc) is 2.76. The molecule has 0 amide bonds. The smallest absolute Gasteiger partial charge is 0.165 e. The number of hydrogen-bond acceptors (Lipinski definition) is 3. The van der Waals surface area contributed by atoms with Crippen LogP contribution in [-0.4, -0.2) is 7.11 Å². The van der Waals surface area contributed by atoms with Crippen molar-refractivity contribution in [1.82, 2.24) is 0 Å². The molecule has 0 spiro atoms. The van der Waals surface area contributed by atoms with Gasteiger partial charge in [0.25, 0.3) is 0 Å². The normalized spacial score (nSPS) is 12.4. The second kappa shape index (κ2) is 5.23. The highest BCUT2D eigenvalue weighted by Gasteiger charge is 2.14. The van der Waals surface area contributed by atoms with Gasteiger partial charge in [-0.2, -0.15) is 0 Å². The van der Waals surface area contributed by atoms with E-state index in [1.54, 1.807) is 18.4 Å². The van der Waals surface area contributed by atoms with Crippen LogP contribution < -0.4 is 10.5 Å². The van der Waals surface area contributed by atoms with E-state index in [2.05, 4.69) is 0 Å². The summed E-state index contributed by atoms with van der Waals surface area (Å²) in [6.45, 7) is 1.94. The minimum absolute atomic E-state index is 0.238. The molecule has 96 valence electrons. The standard InChI is InChI=1S/C14H16FNO2/c1-9-5-6-18-14(9)12(16)8-10-3-4-13(17-2)11(15)7-10/h3-7,12H,8,16H2,1-2H3. The van der Waals surface area contributed by atoms with Crippen LogP contribution in [0.3, 0.4) is 0 Å². The molecule has 1 aromatic carbocycles. The minimum atomic E-state index is -0.377. The Balaban J connectivity index is 2.15. The number of ether oxygens (including phenoxy) is 1. The summed E-state index contributed by atoms with van der Waals surface area (Å²) in [7, 11) is 1.44. The molecular weight excluding hydrogens is 233 g/mol. The second-order valence-electron chi connectivity index (χ2n) is 4.25. The summed E-state index contributed by atoms with van der Waals surface area (Å²) in [5.41, 5.74) is 7.87. The van der Waals surface area contributed by atoms with Crippen LogP contribution in [0, 0.1) is 12.7 Å². The van der Waals surface area contributed by atoms with E-state index in [9.17, 15) is 4.39 Å². The quantitative estimate of drug-likeness (QED) is 0.906. The fraction of sp³-hybridized carbons (Fsp3) is 0.286. The summed E-state index contributed by atoms with van der Waals surface area (Å²) in [4.78, 5) is 0. The Labute approximate surface area is 105 Å². The first-order chi connectivity index (χ1) is 8.61. The zero-order valence-electron chi connectivity index (χ0n) is 10.4. The number of aryl methyl sites for hydroxylation is 1. The zero-order valence-corrected chi connectivity index (χ0v) is 10.4. The van der Waals surface area contributed by atoms with Crippen molar-refractivity contribution in [3.05, 3.63) is 53.2 Å². The molecule has 1 heterocycles. The molecule has 2 N–H and O–H groups in total. The first-order valence-corrected chi connectivity index (χ1v) is 5.74. The highest BCUT2D eigenvalue weighted by atomic mass is 19.1.